The molecule has 0 fully saturated rings. The number of ether oxygens (including phenoxy) is 2. The maximum absolute atomic E-state index is 6.26. The predicted molar refractivity (Wildman–Crippen MR) is 84.3 cm³/mol. The quantitative estimate of drug-likeness (QED) is 0.882. The smallest absolute Gasteiger partial charge is 0.180 e. The molecule has 2 aromatic rings. The summed E-state index contributed by atoms with van der Waals surface area (Å²) in [4.78, 5) is 3.93. The molecule has 0 saturated heterocycles. The van der Waals surface area contributed by atoms with E-state index in [1.165, 1.54) is 0 Å². The maximum Gasteiger partial charge on any atom is 0.180 e. The third kappa shape index (κ3) is 4.00. The second-order valence-electron chi connectivity index (χ2n) is 4.40. The highest BCUT2D eigenvalue weighted by molar-refractivity contribution is 6.32. The summed E-state index contributed by atoms with van der Waals surface area (Å²) in [5.74, 6) is 1.07. The summed E-state index contributed by atoms with van der Waals surface area (Å²) in [6.07, 6.45) is 3.96. The van der Waals surface area contributed by atoms with Crippen molar-refractivity contribution < 1.29 is 9.47 Å². The molecule has 1 aromatic carbocycles. The number of hydrogen-bond acceptors (Lipinski definition) is 4. The predicted octanol–water partition coefficient (Wildman–Crippen LogP) is 3.48. The minimum absolute atomic E-state index is 0.285. The van der Waals surface area contributed by atoms with E-state index in [0.29, 0.717) is 28.1 Å². The molecule has 1 aromatic heterocycles. The summed E-state index contributed by atoms with van der Waals surface area (Å²) in [6.45, 7) is 0.833. The Morgan fingerprint density at radius 1 is 1.24 bits per heavy atom. The van der Waals surface area contributed by atoms with Crippen LogP contribution in [0.5, 0.6) is 11.5 Å². The molecule has 0 aliphatic carbocycles. The van der Waals surface area contributed by atoms with Gasteiger partial charge in [-0.05, 0) is 36.7 Å². The maximum atomic E-state index is 6.26. The van der Waals surface area contributed by atoms with E-state index in [1.807, 2.05) is 12.1 Å². The van der Waals surface area contributed by atoms with Crippen molar-refractivity contribution in [3.05, 3.63) is 51.8 Å². The van der Waals surface area contributed by atoms with Gasteiger partial charge in [0.25, 0.3) is 0 Å². The molecule has 2 N–H and O–H groups in total. The largest absolute Gasteiger partial charge is 0.493 e. The number of halogens is 2. The molecular formula is C15H16Cl2N2O2. The van der Waals surface area contributed by atoms with Crippen molar-refractivity contribution in [1.29, 1.82) is 0 Å². The molecule has 0 saturated carbocycles. The van der Waals surface area contributed by atoms with Gasteiger partial charge in [-0.15, -0.1) is 0 Å². The molecule has 1 heterocycles. The van der Waals surface area contributed by atoms with Gasteiger partial charge in [0.05, 0.1) is 17.2 Å². The van der Waals surface area contributed by atoms with Crippen molar-refractivity contribution in [3.8, 4) is 11.5 Å². The van der Waals surface area contributed by atoms with E-state index in [9.17, 15) is 0 Å². The number of benzene rings is 1. The van der Waals surface area contributed by atoms with Gasteiger partial charge < -0.3 is 15.2 Å². The average Bonchev–Trinajstić information content (AvgIpc) is 2.47. The lowest BCUT2D eigenvalue weighted by Gasteiger charge is -2.14. The van der Waals surface area contributed by atoms with Crippen LogP contribution < -0.4 is 15.2 Å². The highest BCUT2D eigenvalue weighted by Gasteiger charge is 2.13. The van der Waals surface area contributed by atoms with E-state index in [0.717, 1.165) is 17.5 Å². The molecule has 0 bridgehead atoms. The topological polar surface area (TPSA) is 57.4 Å². The van der Waals surface area contributed by atoms with Gasteiger partial charge in [-0.25, -0.2) is 0 Å². The first kappa shape index (κ1) is 15.9. The third-order valence-electron chi connectivity index (χ3n) is 2.95. The van der Waals surface area contributed by atoms with Crippen LogP contribution in [0.2, 0.25) is 10.0 Å². The normalized spacial score (nSPS) is 10.5. The SMILES string of the molecule is COc1cc(CCN)cc(Cl)c1OCc1ccncc1Cl. The van der Waals surface area contributed by atoms with Crippen molar-refractivity contribution in [2.45, 2.75) is 13.0 Å². The van der Waals surface area contributed by atoms with Crippen LogP contribution in [0.25, 0.3) is 0 Å². The molecule has 112 valence electrons. The van der Waals surface area contributed by atoms with Gasteiger partial charge in [-0.1, -0.05) is 23.2 Å². The molecule has 2 rings (SSSR count). The standard InChI is InChI=1S/C15H16Cl2N2O2/c1-20-14-7-10(2-4-18)6-12(16)15(14)21-9-11-3-5-19-8-13(11)17/h3,5-8H,2,4,9,18H2,1H3. The van der Waals surface area contributed by atoms with Crippen LogP contribution in [0.1, 0.15) is 11.1 Å². The first-order valence-electron chi connectivity index (χ1n) is 6.43. The first-order chi connectivity index (χ1) is 10.2. The van der Waals surface area contributed by atoms with E-state index in [1.54, 1.807) is 25.6 Å². The molecule has 0 spiro atoms. The number of methoxy groups -OCH3 is 1. The van der Waals surface area contributed by atoms with Gasteiger partial charge in [0.2, 0.25) is 0 Å². The number of nitrogens with zero attached hydrogens (tertiary/aromatic N) is 1. The molecule has 0 unspecified atom stereocenters. The molecular weight excluding hydrogens is 311 g/mol. The van der Waals surface area contributed by atoms with Crippen LogP contribution in [0.3, 0.4) is 0 Å². The van der Waals surface area contributed by atoms with Crippen LogP contribution >= 0.6 is 23.2 Å². The average molecular weight is 327 g/mol. The number of nitrogens with two attached hydrogens (primary N) is 1. The Morgan fingerprint density at radius 3 is 2.71 bits per heavy atom. The van der Waals surface area contributed by atoms with E-state index in [4.69, 9.17) is 38.4 Å². The zero-order chi connectivity index (χ0) is 15.2. The fourth-order valence-electron chi connectivity index (χ4n) is 1.90. The van der Waals surface area contributed by atoms with Crippen molar-refractivity contribution in [2.75, 3.05) is 13.7 Å². The van der Waals surface area contributed by atoms with E-state index < -0.39 is 0 Å². The summed E-state index contributed by atoms with van der Waals surface area (Å²) in [6, 6.07) is 5.51. The molecule has 0 atom stereocenters. The van der Waals surface area contributed by atoms with E-state index in [-0.39, 0.29) is 6.61 Å². The number of aromatic nitrogens is 1. The van der Waals surface area contributed by atoms with Crippen LogP contribution in [0.15, 0.2) is 30.6 Å². The fraction of sp³-hybridized carbons (Fsp3) is 0.267. The van der Waals surface area contributed by atoms with Gasteiger partial charge in [0, 0.05) is 18.0 Å². The number of hydrogen-bond donors (Lipinski definition) is 1. The highest BCUT2D eigenvalue weighted by atomic mass is 35.5. The van der Waals surface area contributed by atoms with Crippen molar-refractivity contribution in [2.24, 2.45) is 5.73 Å². The summed E-state index contributed by atoms with van der Waals surface area (Å²) in [5, 5.41) is 1.04. The Morgan fingerprint density at radius 2 is 2.05 bits per heavy atom. The Kier molecular flexibility index (Phi) is 5.67. The van der Waals surface area contributed by atoms with Crippen LogP contribution in [-0.2, 0) is 13.0 Å². The molecule has 0 aliphatic heterocycles. The van der Waals surface area contributed by atoms with Gasteiger partial charge >= 0.3 is 0 Å². The van der Waals surface area contributed by atoms with Crippen LogP contribution in [0, 0.1) is 0 Å². The second-order valence-corrected chi connectivity index (χ2v) is 5.22. The lowest BCUT2D eigenvalue weighted by atomic mass is 10.1. The van der Waals surface area contributed by atoms with Crippen LogP contribution in [0.4, 0.5) is 0 Å². The Bertz CT molecular complexity index is 621. The minimum Gasteiger partial charge on any atom is -0.493 e. The monoisotopic (exact) mass is 326 g/mol. The Hall–Kier alpha value is -1.49. The Balaban J connectivity index is 2.21. The molecule has 4 nitrogen and oxygen atoms in total. The highest BCUT2D eigenvalue weighted by Crippen LogP contribution is 2.37. The molecule has 0 radical (unpaired) electrons. The fourth-order valence-corrected chi connectivity index (χ4v) is 2.36. The minimum atomic E-state index is 0.285. The number of pyridine rings is 1. The van der Waals surface area contributed by atoms with Crippen molar-refractivity contribution >= 4 is 23.2 Å². The molecule has 0 amide bonds. The van der Waals surface area contributed by atoms with Crippen molar-refractivity contribution in [1.82, 2.24) is 4.98 Å². The van der Waals surface area contributed by atoms with Gasteiger partial charge in [-0.2, -0.15) is 0 Å². The molecule has 21 heavy (non-hydrogen) atoms. The molecule has 6 heteroatoms. The first-order valence-corrected chi connectivity index (χ1v) is 7.19. The summed E-state index contributed by atoms with van der Waals surface area (Å²) >= 11 is 12.3. The van der Waals surface area contributed by atoms with E-state index in [2.05, 4.69) is 4.98 Å². The second kappa shape index (κ2) is 7.50. The van der Waals surface area contributed by atoms with E-state index >= 15 is 0 Å². The number of rotatable bonds is 6. The van der Waals surface area contributed by atoms with Gasteiger partial charge in [0.1, 0.15) is 6.61 Å². The lowest BCUT2D eigenvalue weighted by molar-refractivity contribution is 0.284. The summed E-state index contributed by atoms with van der Waals surface area (Å²) < 4.78 is 11.1. The lowest BCUT2D eigenvalue weighted by Crippen LogP contribution is -2.04. The molecule has 0 aliphatic rings. The van der Waals surface area contributed by atoms with Crippen molar-refractivity contribution in [3.63, 3.8) is 0 Å². The third-order valence-corrected chi connectivity index (χ3v) is 3.57. The van der Waals surface area contributed by atoms with Gasteiger partial charge in [-0.3, -0.25) is 4.98 Å². The zero-order valence-corrected chi connectivity index (χ0v) is 13.1. The van der Waals surface area contributed by atoms with Gasteiger partial charge in [0.15, 0.2) is 11.5 Å². The Labute approximate surface area is 133 Å². The van der Waals surface area contributed by atoms with Crippen LogP contribution in [-0.4, -0.2) is 18.6 Å². The summed E-state index contributed by atoms with van der Waals surface area (Å²) in [5.41, 5.74) is 7.39. The zero-order valence-electron chi connectivity index (χ0n) is 11.6. The summed E-state index contributed by atoms with van der Waals surface area (Å²) in [7, 11) is 1.57.